The Bertz CT molecular complexity index is 383. The molecule has 1 aromatic carbocycles. The summed E-state index contributed by atoms with van der Waals surface area (Å²) in [7, 11) is 0. The Hall–Kier alpha value is -1.02. The van der Waals surface area contributed by atoms with Gasteiger partial charge in [0.2, 0.25) is 0 Å². The maximum atomic E-state index is 10.1. The van der Waals surface area contributed by atoms with E-state index in [-0.39, 0.29) is 6.10 Å². The first-order valence-electron chi connectivity index (χ1n) is 8.20. The molecule has 1 N–H and O–H groups in total. The third-order valence-corrected chi connectivity index (χ3v) is 4.28. The standard InChI is InChI=1S/C18H28O2/c1-2-3-12-18(19)16-10-7-11-17(13-16)20-14-15-8-5-4-6-9-15/h7,10-11,13,15,18-19H,2-6,8-9,12,14H2,1H3. The molecule has 2 rings (SSSR count). The quantitative estimate of drug-likeness (QED) is 0.770. The SMILES string of the molecule is CCCCC(O)c1cccc(OCC2CCCCC2)c1. The van der Waals surface area contributed by atoms with E-state index in [1.54, 1.807) is 0 Å². The Morgan fingerprint density at radius 1 is 1.25 bits per heavy atom. The highest BCUT2D eigenvalue weighted by Gasteiger charge is 2.14. The van der Waals surface area contributed by atoms with Gasteiger partial charge in [0.15, 0.2) is 0 Å². The van der Waals surface area contributed by atoms with Gasteiger partial charge in [-0.15, -0.1) is 0 Å². The molecule has 112 valence electrons. The van der Waals surface area contributed by atoms with Crippen molar-refractivity contribution < 1.29 is 9.84 Å². The van der Waals surface area contributed by atoms with Gasteiger partial charge in [-0.3, -0.25) is 0 Å². The van der Waals surface area contributed by atoms with Crippen LogP contribution in [0.4, 0.5) is 0 Å². The molecule has 1 aliphatic carbocycles. The van der Waals surface area contributed by atoms with Crippen molar-refractivity contribution in [2.24, 2.45) is 5.92 Å². The monoisotopic (exact) mass is 276 g/mol. The Labute approximate surface area is 123 Å². The predicted molar refractivity (Wildman–Crippen MR) is 83.0 cm³/mol. The molecule has 0 aliphatic heterocycles. The summed E-state index contributed by atoms with van der Waals surface area (Å²) in [5.41, 5.74) is 0.986. The van der Waals surface area contributed by atoms with E-state index >= 15 is 0 Å². The van der Waals surface area contributed by atoms with Crippen LogP contribution in [-0.4, -0.2) is 11.7 Å². The Morgan fingerprint density at radius 3 is 2.80 bits per heavy atom. The fourth-order valence-electron chi connectivity index (χ4n) is 2.94. The second-order valence-corrected chi connectivity index (χ2v) is 6.05. The molecule has 0 amide bonds. The molecule has 1 aromatic rings. The van der Waals surface area contributed by atoms with E-state index in [0.717, 1.165) is 43.1 Å². The van der Waals surface area contributed by atoms with Crippen molar-refractivity contribution in [2.45, 2.75) is 64.4 Å². The van der Waals surface area contributed by atoms with Crippen LogP contribution in [0.3, 0.4) is 0 Å². The zero-order valence-corrected chi connectivity index (χ0v) is 12.7. The van der Waals surface area contributed by atoms with Gasteiger partial charge in [0.1, 0.15) is 5.75 Å². The zero-order valence-electron chi connectivity index (χ0n) is 12.7. The summed E-state index contributed by atoms with van der Waals surface area (Å²) in [5.74, 6) is 1.63. The number of unbranched alkanes of at least 4 members (excludes halogenated alkanes) is 1. The summed E-state index contributed by atoms with van der Waals surface area (Å²) >= 11 is 0. The molecule has 1 saturated carbocycles. The molecule has 0 radical (unpaired) electrons. The van der Waals surface area contributed by atoms with Crippen LogP contribution >= 0.6 is 0 Å². The number of rotatable bonds is 7. The van der Waals surface area contributed by atoms with Crippen molar-refractivity contribution in [1.29, 1.82) is 0 Å². The van der Waals surface area contributed by atoms with Crippen molar-refractivity contribution in [3.8, 4) is 5.75 Å². The van der Waals surface area contributed by atoms with Crippen LogP contribution in [-0.2, 0) is 0 Å². The van der Waals surface area contributed by atoms with Gasteiger partial charge in [-0.2, -0.15) is 0 Å². The number of benzene rings is 1. The Morgan fingerprint density at radius 2 is 2.05 bits per heavy atom. The third-order valence-electron chi connectivity index (χ3n) is 4.28. The van der Waals surface area contributed by atoms with E-state index in [9.17, 15) is 5.11 Å². The zero-order chi connectivity index (χ0) is 14.2. The lowest BCUT2D eigenvalue weighted by atomic mass is 9.90. The summed E-state index contributed by atoms with van der Waals surface area (Å²) in [6, 6.07) is 7.98. The van der Waals surface area contributed by atoms with Crippen molar-refractivity contribution in [3.63, 3.8) is 0 Å². The molecule has 20 heavy (non-hydrogen) atoms. The van der Waals surface area contributed by atoms with Crippen LogP contribution in [0.1, 0.15) is 70.0 Å². The predicted octanol–water partition coefficient (Wildman–Crippen LogP) is 4.87. The lowest BCUT2D eigenvalue weighted by molar-refractivity contribution is 0.163. The van der Waals surface area contributed by atoms with E-state index in [2.05, 4.69) is 6.92 Å². The van der Waals surface area contributed by atoms with E-state index in [4.69, 9.17) is 4.74 Å². The van der Waals surface area contributed by atoms with Gasteiger partial charge in [0.05, 0.1) is 12.7 Å². The largest absolute Gasteiger partial charge is 0.493 e. The van der Waals surface area contributed by atoms with Gasteiger partial charge in [-0.1, -0.05) is 51.2 Å². The molecule has 0 bridgehead atoms. The first kappa shape index (κ1) is 15.4. The van der Waals surface area contributed by atoms with E-state index < -0.39 is 0 Å². The van der Waals surface area contributed by atoms with Crippen LogP contribution < -0.4 is 4.74 Å². The van der Waals surface area contributed by atoms with Gasteiger partial charge >= 0.3 is 0 Å². The third kappa shape index (κ3) is 4.82. The van der Waals surface area contributed by atoms with Crippen molar-refractivity contribution in [3.05, 3.63) is 29.8 Å². The average molecular weight is 276 g/mol. The molecular formula is C18H28O2. The van der Waals surface area contributed by atoms with Gasteiger partial charge < -0.3 is 9.84 Å². The average Bonchev–Trinajstić information content (AvgIpc) is 2.52. The molecular weight excluding hydrogens is 248 g/mol. The molecule has 1 unspecified atom stereocenters. The molecule has 0 spiro atoms. The van der Waals surface area contributed by atoms with Crippen LogP contribution in [0, 0.1) is 5.92 Å². The number of aliphatic hydroxyl groups excluding tert-OH is 1. The summed E-state index contributed by atoms with van der Waals surface area (Å²) in [6.07, 6.45) is 9.36. The number of hydrogen-bond acceptors (Lipinski definition) is 2. The number of ether oxygens (including phenoxy) is 1. The normalized spacial score (nSPS) is 17.9. The van der Waals surface area contributed by atoms with Crippen molar-refractivity contribution in [1.82, 2.24) is 0 Å². The highest BCUT2D eigenvalue weighted by Crippen LogP contribution is 2.26. The molecule has 2 heteroatoms. The molecule has 1 atom stereocenters. The van der Waals surface area contributed by atoms with Gasteiger partial charge in [-0.25, -0.2) is 0 Å². The van der Waals surface area contributed by atoms with Gasteiger partial charge in [0, 0.05) is 0 Å². The van der Waals surface area contributed by atoms with E-state index in [1.165, 1.54) is 32.1 Å². The first-order valence-corrected chi connectivity index (χ1v) is 8.20. The lowest BCUT2D eigenvalue weighted by Gasteiger charge is -2.22. The number of aliphatic hydroxyl groups is 1. The lowest BCUT2D eigenvalue weighted by Crippen LogP contribution is -2.15. The maximum absolute atomic E-state index is 10.1. The second kappa shape index (κ2) is 8.31. The molecule has 1 fully saturated rings. The van der Waals surface area contributed by atoms with Crippen molar-refractivity contribution >= 4 is 0 Å². The fourth-order valence-corrected chi connectivity index (χ4v) is 2.94. The highest BCUT2D eigenvalue weighted by molar-refractivity contribution is 5.29. The Balaban J connectivity index is 1.85. The summed E-state index contributed by atoms with van der Waals surface area (Å²) in [4.78, 5) is 0. The molecule has 2 nitrogen and oxygen atoms in total. The maximum Gasteiger partial charge on any atom is 0.119 e. The van der Waals surface area contributed by atoms with Crippen LogP contribution in [0.25, 0.3) is 0 Å². The second-order valence-electron chi connectivity index (χ2n) is 6.05. The topological polar surface area (TPSA) is 29.5 Å². The van der Waals surface area contributed by atoms with E-state index in [1.807, 2.05) is 24.3 Å². The smallest absolute Gasteiger partial charge is 0.119 e. The molecule has 0 saturated heterocycles. The summed E-state index contributed by atoms with van der Waals surface area (Å²) in [6.45, 7) is 2.98. The first-order chi connectivity index (χ1) is 9.79. The minimum Gasteiger partial charge on any atom is -0.493 e. The highest BCUT2D eigenvalue weighted by atomic mass is 16.5. The van der Waals surface area contributed by atoms with Gasteiger partial charge in [-0.05, 0) is 42.9 Å². The fraction of sp³-hybridized carbons (Fsp3) is 0.667. The molecule has 0 heterocycles. The minimum absolute atomic E-state index is 0.354. The van der Waals surface area contributed by atoms with E-state index in [0.29, 0.717) is 0 Å². The van der Waals surface area contributed by atoms with Crippen LogP contribution in [0.2, 0.25) is 0 Å². The summed E-state index contributed by atoms with van der Waals surface area (Å²) < 4.78 is 5.93. The van der Waals surface area contributed by atoms with Crippen molar-refractivity contribution in [2.75, 3.05) is 6.61 Å². The van der Waals surface area contributed by atoms with Crippen LogP contribution in [0.15, 0.2) is 24.3 Å². The number of hydrogen-bond donors (Lipinski definition) is 1. The molecule has 0 aromatic heterocycles. The van der Waals surface area contributed by atoms with Gasteiger partial charge in [0.25, 0.3) is 0 Å². The summed E-state index contributed by atoms with van der Waals surface area (Å²) in [5, 5.41) is 10.1. The minimum atomic E-state index is -0.354. The Kier molecular flexibility index (Phi) is 6.38. The molecule has 1 aliphatic rings. The van der Waals surface area contributed by atoms with Crippen LogP contribution in [0.5, 0.6) is 5.75 Å².